The number of amides is 2. The summed E-state index contributed by atoms with van der Waals surface area (Å²) in [6, 6.07) is 7.76. The van der Waals surface area contributed by atoms with Gasteiger partial charge in [-0.15, -0.1) is 0 Å². The third-order valence-electron chi connectivity index (χ3n) is 6.47. The summed E-state index contributed by atoms with van der Waals surface area (Å²) in [5, 5.41) is 9.95. The molecule has 1 aromatic carbocycles. The number of morpholine rings is 1. The normalized spacial score (nSPS) is 26.0. The summed E-state index contributed by atoms with van der Waals surface area (Å²) in [6.45, 7) is 5.72. The lowest BCUT2D eigenvalue weighted by atomic mass is 9.73. The third kappa shape index (κ3) is 4.62. The van der Waals surface area contributed by atoms with Gasteiger partial charge in [-0.1, -0.05) is 30.9 Å². The zero-order valence-electron chi connectivity index (χ0n) is 18.1. The summed E-state index contributed by atoms with van der Waals surface area (Å²) in [5.74, 6) is 6.25. The van der Waals surface area contributed by atoms with Crippen LogP contribution in [0.3, 0.4) is 0 Å². The predicted octanol–water partition coefficient (Wildman–Crippen LogP) is 0.668. The maximum absolute atomic E-state index is 12.9. The summed E-state index contributed by atoms with van der Waals surface area (Å²) in [7, 11) is 0. The zero-order chi connectivity index (χ0) is 21.8. The van der Waals surface area contributed by atoms with Crippen LogP contribution in [0.15, 0.2) is 24.3 Å². The molecule has 4 rings (SSSR count). The lowest BCUT2D eigenvalue weighted by Crippen LogP contribution is -2.73. The van der Waals surface area contributed by atoms with Gasteiger partial charge >= 0.3 is 0 Å². The lowest BCUT2D eigenvalue weighted by Gasteiger charge is -2.58. The maximum atomic E-state index is 12.9. The van der Waals surface area contributed by atoms with Crippen LogP contribution in [-0.4, -0.2) is 96.2 Å². The first-order valence-electron chi connectivity index (χ1n) is 11.2. The third-order valence-corrected chi connectivity index (χ3v) is 6.47. The van der Waals surface area contributed by atoms with E-state index in [1.165, 1.54) is 0 Å². The van der Waals surface area contributed by atoms with Gasteiger partial charge in [0.25, 0.3) is 0 Å². The van der Waals surface area contributed by atoms with E-state index in [2.05, 4.69) is 23.7 Å². The average Bonchev–Trinajstić information content (AvgIpc) is 2.77. The topological polar surface area (TPSA) is 73.3 Å². The number of carbonyl (C=O) groups excluding carboxylic acids is 2. The van der Waals surface area contributed by atoms with Crippen molar-refractivity contribution in [2.45, 2.75) is 37.8 Å². The van der Waals surface area contributed by atoms with Gasteiger partial charge in [-0.2, -0.15) is 0 Å². The molecule has 0 saturated carbocycles. The van der Waals surface area contributed by atoms with Gasteiger partial charge in [0.2, 0.25) is 11.8 Å². The van der Waals surface area contributed by atoms with Gasteiger partial charge in [-0.05, 0) is 24.1 Å². The second kappa shape index (κ2) is 9.82. The number of aliphatic hydroxyl groups is 1. The highest BCUT2D eigenvalue weighted by atomic mass is 16.5. The van der Waals surface area contributed by atoms with E-state index < -0.39 is 0 Å². The molecule has 0 spiro atoms. The monoisotopic (exact) mass is 425 g/mol. The quantitative estimate of drug-likeness (QED) is 0.702. The Kier molecular flexibility index (Phi) is 6.91. The van der Waals surface area contributed by atoms with Crippen molar-refractivity contribution < 1.29 is 19.4 Å². The number of unbranched alkanes of at least 4 members (excludes halogenated alkanes) is 1. The van der Waals surface area contributed by atoms with Gasteiger partial charge in [0.05, 0.1) is 45.0 Å². The number of piperazine rings is 1. The number of benzene rings is 1. The van der Waals surface area contributed by atoms with Gasteiger partial charge < -0.3 is 19.6 Å². The van der Waals surface area contributed by atoms with Crippen LogP contribution in [-0.2, 0) is 14.3 Å². The van der Waals surface area contributed by atoms with Crippen molar-refractivity contribution in [2.75, 3.05) is 52.5 Å². The van der Waals surface area contributed by atoms with Crippen LogP contribution in [0.1, 0.15) is 36.8 Å². The first kappa shape index (κ1) is 21.8. The van der Waals surface area contributed by atoms with Crippen LogP contribution in [0.5, 0.6) is 0 Å². The van der Waals surface area contributed by atoms with Gasteiger partial charge in [0.1, 0.15) is 0 Å². The standard InChI is InChI=1S/C24H31N3O4/c1-2-3-4-5-18-6-8-19(9-7-18)24-20-14-26(16-23(30)27(20)21(24)17-28)22(29)15-25-10-12-31-13-11-25/h6-9,20-21,24,28H,2-3,10-17H2,1H3/t20-,21+,24-/m0/s1. The number of ether oxygens (including phenoxy) is 1. The van der Waals surface area contributed by atoms with E-state index in [0.29, 0.717) is 26.3 Å². The number of aliphatic hydroxyl groups excluding tert-OH is 1. The number of rotatable bonds is 5. The van der Waals surface area contributed by atoms with Gasteiger partial charge in [0.15, 0.2) is 0 Å². The molecule has 31 heavy (non-hydrogen) atoms. The highest BCUT2D eigenvalue weighted by molar-refractivity contribution is 5.88. The lowest BCUT2D eigenvalue weighted by molar-refractivity contribution is -0.167. The molecule has 3 aliphatic heterocycles. The van der Waals surface area contributed by atoms with Gasteiger partial charge in [-0.25, -0.2) is 0 Å². The molecule has 1 N–H and O–H groups in total. The largest absolute Gasteiger partial charge is 0.394 e. The van der Waals surface area contributed by atoms with Gasteiger partial charge in [-0.3, -0.25) is 14.5 Å². The summed E-state index contributed by atoms with van der Waals surface area (Å²) >= 11 is 0. The summed E-state index contributed by atoms with van der Waals surface area (Å²) < 4.78 is 5.35. The van der Waals surface area contributed by atoms with E-state index in [1.54, 1.807) is 9.80 Å². The first-order valence-corrected chi connectivity index (χ1v) is 11.2. The van der Waals surface area contributed by atoms with E-state index in [0.717, 1.165) is 37.1 Å². The van der Waals surface area contributed by atoms with E-state index in [1.807, 2.05) is 24.3 Å². The molecule has 3 saturated heterocycles. The van der Waals surface area contributed by atoms with Crippen molar-refractivity contribution in [1.82, 2.24) is 14.7 Å². The van der Waals surface area contributed by atoms with E-state index >= 15 is 0 Å². The highest BCUT2D eigenvalue weighted by Gasteiger charge is 2.54. The van der Waals surface area contributed by atoms with E-state index in [-0.39, 0.29) is 43.0 Å². The second-order valence-electron chi connectivity index (χ2n) is 8.48. The average molecular weight is 426 g/mol. The van der Waals surface area contributed by atoms with Crippen LogP contribution in [0.2, 0.25) is 0 Å². The SMILES string of the molecule is CCCC#Cc1ccc([C@@H]2[C@@H](CO)N3C(=O)CN(C(=O)CN4CCOCC4)C[C@@H]23)cc1. The molecule has 3 atom stereocenters. The molecule has 0 unspecified atom stereocenters. The fourth-order valence-corrected chi connectivity index (χ4v) is 4.82. The van der Waals surface area contributed by atoms with E-state index in [9.17, 15) is 14.7 Å². The molecule has 7 heteroatoms. The Hall–Kier alpha value is -2.40. The van der Waals surface area contributed by atoms with Crippen molar-refractivity contribution in [3.8, 4) is 11.8 Å². The Morgan fingerprint density at radius 2 is 1.97 bits per heavy atom. The maximum Gasteiger partial charge on any atom is 0.242 e. The van der Waals surface area contributed by atoms with Crippen molar-refractivity contribution in [3.05, 3.63) is 35.4 Å². The fraction of sp³-hybridized carbons (Fsp3) is 0.583. The predicted molar refractivity (Wildman–Crippen MR) is 116 cm³/mol. The second-order valence-corrected chi connectivity index (χ2v) is 8.48. The molecular weight excluding hydrogens is 394 g/mol. The number of hydrogen-bond donors (Lipinski definition) is 1. The Balaban J connectivity index is 1.45. The fourth-order valence-electron chi connectivity index (χ4n) is 4.82. The van der Waals surface area contributed by atoms with Crippen molar-refractivity contribution in [1.29, 1.82) is 0 Å². The minimum Gasteiger partial charge on any atom is -0.394 e. The molecule has 166 valence electrons. The van der Waals surface area contributed by atoms with Crippen LogP contribution in [0, 0.1) is 11.8 Å². The van der Waals surface area contributed by atoms with Crippen LogP contribution < -0.4 is 0 Å². The number of fused-ring (bicyclic) bond motifs is 1. The van der Waals surface area contributed by atoms with E-state index in [4.69, 9.17) is 4.74 Å². The van der Waals surface area contributed by atoms with Crippen molar-refractivity contribution in [3.63, 3.8) is 0 Å². The number of nitrogens with zero attached hydrogens (tertiary/aromatic N) is 3. The van der Waals surface area contributed by atoms with Gasteiger partial charge in [0, 0.05) is 37.5 Å². The molecule has 3 fully saturated rings. The molecule has 3 heterocycles. The number of carbonyl (C=O) groups is 2. The van der Waals surface area contributed by atoms with Crippen molar-refractivity contribution >= 4 is 11.8 Å². The molecular formula is C24H31N3O4. The Morgan fingerprint density at radius 3 is 2.65 bits per heavy atom. The summed E-state index contributed by atoms with van der Waals surface area (Å²) in [5.41, 5.74) is 2.05. The summed E-state index contributed by atoms with van der Waals surface area (Å²) in [6.07, 6.45) is 1.92. The summed E-state index contributed by atoms with van der Waals surface area (Å²) in [4.78, 5) is 31.2. The van der Waals surface area contributed by atoms with Crippen LogP contribution in [0.25, 0.3) is 0 Å². The minimum absolute atomic E-state index is 0.0114. The molecule has 0 aliphatic carbocycles. The van der Waals surface area contributed by atoms with Crippen LogP contribution >= 0.6 is 0 Å². The Bertz CT molecular complexity index is 854. The molecule has 3 aliphatic rings. The molecule has 7 nitrogen and oxygen atoms in total. The molecule has 0 bridgehead atoms. The molecule has 2 amide bonds. The Labute approximate surface area is 183 Å². The minimum atomic E-state index is -0.231. The first-order chi connectivity index (χ1) is 15.1. The van der Waals surface area contributed by atoms with Crippen LogP contribution in [0.4, 0.5) is 0 Å². The van der Waals surface area contributed by atoms with Crippen molar-refractivity contribution in [2.24, 2.45) is 0 Å². The smallest absolute Gasteiger partial charge is 0.242 e. The zero-order valence-corrected chi connectivity index (χ0v) is 18.1. The molecule has 1 aromatic rings. The molecule has 0 radical (unpaired) electrons. The number of hydrogen-bond acceptors (Lipinski definition) is 5. The highest BCUT2D eigenvalue weighted by Crippen LogP contribution is 2.42. The Morgan fingerprint density at radius 1 is 1.23 bits per heavy atom. The molecule has 0 aromatic heterocycles.